The van der Waals surface area contributed by atoms with E-state index in [4.69, 9.17) is 0 Å². The fourth-order valence-electron chi connectivity index (χ4n) is 4.03. The van der Waals surface area contributed by atoms with Crippen molar-refractivity contribution in [3.8, 4) is 0 Å². The van der Waals surface area contributed by atoms with Gasteiger partial charge in [-0.25, -0.2) is 0 Å². The van der Waals surface area contributed by atoms with E-state index in [0.29, 0.717) is 5.41 Å². The average molecular weight is 259 g/mol. The van der Waals surface area contributed by atoms with Gasteiger partial charge in [0.25, 0.3) is 0 Å². The Morgan fingerprint density at radius 2 is 1.63 bits per heavy atom. The molecule has 0 unspecified atom stereocenters. The first-order valence-electron chi connectivity index (χ1n) is 8.17. The van der Waals surface area contributed by atoms with Crippen molar-refractivity contribution in [2.45, 2.75) is 71.6 Å². The highest BCUT2D eigenvalue weighted by Crippen LogP contribution is 2.46. The summed E-state index contributed by atoms with van der Waals surface area (Å²) >= 11 is 0. The Hall–Kier alpha value is -0.850. The fraction of sp³-hybridized carbons (Fsp3) is 0.722. The Labute approximate surface area is 118 Å². The van der Waals surface area contributed by atoms with Crippen molar-refractivity contribution in [2.24, 2.45) is 11.3 Å². The molecule has 0 aliphatic heterocycles. The van der Waals surface area contributed by atoms with Crippen LogP contribution in [0.5, 0.6) is 0 Å². The highest BCUT2D eigenvalue weighted by atomic mass is 14.6. The summed E-state index contributed by atoms with van der Waals surface area (Å²) in [6, 6.07) is 4.36. The molecule has 106 valence electrons. The van der Waals surface area contributed by atoms with Gasteiger partial charge in [0, 0.05) is 12.4 Å². The molecule has 0 N–H and O–H groups in total. The van der Waals surface area contributed by atoms with Crippen molar-refractivity contribution < 1.29 is 0 Å². The molecule has 1 aromatic heterocycles. The lowest BCUT2D eigenvalue weighted by Gasteiger charge is -2.40. The number of pyridine rings is 1. The highest BCUT2D eigenvalue weighted by molar-refractivity contribution is 5.10. The van der Waals surface area contributed by atoms with E-state index in [1.54, 1.807) is 0 Å². The second kappa shape index (κ2) is 7.07. The van der Waals surface area contributed by atoms with Crippen molar-refractivity contribution in [1.82, 2.24) is 4.98 Å². The first kappa shape index (κ1) is 14.6. The third-order valence-electron chi connectivity index (χ3n) is 5.00. The molecule has 0 bridgehead atoms. The van der Waals surface area contributed by atoms with Crippen LogP contribution in [0.3, 0.4) is 0 Å². The first-order chi connectivity index (χ1) is 9.28. The summed E-state index contributed by atoms with van der Waals surface area (Å²) in [5.74, 6) is 0.907. The highest BCUT2D eigenvalue weighted by Gasteiger charge is 2.33. The van der Waals surface area contributed by atoms with Crippen LogP contribution in [0, 0.1) is 11.3 Å². The Morgan fingerprint density at radius 1 is 1.05 bits per heavy atom. The van der Waals surface area contributed by atoms with Gasteiger partial charge in [-0.15, -0.1) is 0 Å². The minimum absolute atomic E-state index is 0.693. The molecule has 1 nitrogen and oxygen atoms in total. The molecule has 1 fully saturated rings. The van der Waals surface area contributed by atoms with Crippen LogP contribution in [0.25, 0.3) is 0 Å². The Morgan fingerprint density at radius 3 is 2.16 bits per heavy atom. The zero-order valence-corrected chi connectivity index (χ0v) is 12.7. The summed E-state index contributed by atoms with van der Waals surface area (Å²) in [6.07, 6.45) is 16.5. The molecule has 0 saturated heterocycles. The van der Waals surface area contributed by atoms with Crippen molar-refractivity contribution >= 4 is 0 Å². The molecule has 1 heterocycles. The average Bonchev–Trinajstić information content (AvgIpc) is 2.43. The van der Waals surface area contributed by atoms with Gasteiger partial charge < -0.3 is 0 Å². The lowest BCUT2D eigenvalue weighted by molar-refractivity contribution is 0.121. The number of nitrogens with zero attached hydrogens (tertiary/aromatic N) is 1. The van der Waals surface area contributed by atoms with E-state index in [1.165, 1.54) is 63.4 Å². The standard InChI is InChI=1S/C18H29N/c1-3-9-18(10-4-2)11-5-16(6-12-18)15-17-7-13-19-14-8-17/h7-8,13-14,16H,3-6,9-12,15H2,1-2H3. The van der Waals surface area contributed by atoms with Crippen LogP contribution in [0.15, 0.2) is 24.5 Å². The third kappa shape index (κ3) is 4.06. The normalized spacial score (nSPS) is 19.5. The minimum Gasteiger partial charge on any atom is -0.265 e. The molecule has 0 radical (unpaired) electrons. The second-order valence-corrected chi connectivity index (χ2v) is 6.50. The summed E-state index contributed by atoms with van der Waals surface area (Å²) in [7, 11) is 0. The van der Waals surface area contributed by atoms with Gasteiger partial charge in [0.15, 0.2) is 0 Å². The summed E-state index contributed by atoms with van der Waals surface area (Å²) < 4.78 is 0. The molecule has 2 rings (SSSR count). The minimum atomic E-state index is 0.693. The maximum Gasteiger partial charge on any atom is 0.0270 e. The van der Waals surface area contributed by atoms with Crippen LogP contribution in [0.1, 0.15) is 70.8 Å². The zero-order valence-electron chi connectivity index (χ0n) is 12.7. The van der Waals surface area contributed by atoms with Crippen LogP contribution in [0.2, 0.25) is 0 Å². The van der Waals surface area contributed by atoms with Gasteiger partial charge in [-0.3, -0.25) is 4.98 Å². The zero-order chi connectivity index (χ0) is 13.6. The van der Waals surface area contributed by atoms with Crippen molar-refractivity contribution in [3.05, 3.63) is 30.1 Å². The molecule has 0 amide bonds. The Bertz CT molecular complexity index is 341. The monoisotopic (exact) mass is 259 g/mol. The van der Waals surface area contributed by atoms with Crippen LogP contribution >= 0.6 is 0 Å². The van der Waals surface area contributed by atoms with E-state index >= 15 is 0 Å². The van der Waals surface area contributed by atoms with E-state index in [0.717, 1.165) is 5.92 Å². The summed E-state index contributed by atoms with van der Waals surface area (Å²) in [5.41, 5.74) is 2.16. The quantitative estimate of drug-likeness (QED) is 0.666. The number of rotatable bonds is 6. The fourth-order valence-corrected chi connectivity index (χ4v) is 4.03. The van der Waals surface area contributed by atoms with E-state index in [2.05, 4.69) is 31.0 Å². The van der Waals surface area contributed by atoms with Crippen LogP contribution < -0.4 is 0 Å². The lowest BCUT2D eigenvalue weighted by Crippen LogP contribution is -2.28. The molecule has 1 saturated carbocycles. The SMILES string of the molecule is CCCC1(CCC)CCC(Cc2ccncc2)CC1. The largest absolute Gasteiger partial charge is 0.265 e. The van der Waals surface area contributed by atoms with Crippen molar-refractivity contribution in [1.29, 1.82) is 0 Å². The van der Waals surface area contributed by atoms with Gasteiger partial charge >= 0.3 is 0 Å². The molecule has 1 aromatic rings. The smallest absolute Gasteiger partial charge is 0.0270 e. The molecule has 0 atom stereocenters. The maximum atomic E-state index is 4.11. The third-order valence-corrected chi connectivity index (χ3v) is 5.00. The summed E-state index contributed by atoms with van der Waals surface area (Å²) in [6.45, 7) is 4.70. The van der Waals surface area contributed by atoms with Crippen LogP contribution in [-0.4, -0.2) is 4.98 Å². The Kier molecular flexibility index (Phi) is 5.42. The molecule has 19 heavy (non-hydrogen) atoms. The number of hydrogen-bond acceptors (Lipinski definition) is 1. The second-order valence-electron chi connectivity index (χ2n) is 6.50. The number of aromatic nitrogens is 1. The topological polar surface area (TPSA) is 12.9 Å². The molecular weight excluding hydrogens is 230 g/mol. The van der Waals surface area contributed by atoms with Gasteiger partial charge in [0.2, 0.25) is 0 Å². The maximum absolute atomic E-state index is 4.11. The van der Waals surface area contributed by atoms with E-state index in [1.807, 2.05) is 12.4 Å². The first-order valence-corrected chi connectivity index (χ1v) is 8.17. The van der Waals surface area contributed by atoms with Gasteiger partial charge in [-0.05, 0) is 74.0 Å². The molecule has 0 aromatic carbocycles. The molecule has 1 aliphatic rings. The molecule has 1 aliphatic carbocycles. The van der Waals surface area contributed by atoms with Crippen molar-refractivity contribution in [3.63, 3.8) is 0 Å². The van der Waals surface area contributed by atoms with Gasteiger partial charge in [0.05, 0.1) is 0 Å². The lowest BCUT2D eigenvalue weighted by atomic mass is 9.65. The van der Waals surface area contributed by atoms with Gasteiger partial charge in [-0.2, -0.15) is 0 Å². The van der Waals surface area contributed by atoms with Crippen molar-refractivity contribution in [2.75, 3.05) is 0 Å². The summed E-state index contributed by atoms with van der Waals surface area (Å²) in [5, 5.41) is 0. The number of hydrogen-bond donors (Lipinski definition) is 0. The molecule has 1 heteroatoms. The van der Waals surface area contributed by atoms with E-state index < -0.39 is 0 Å². The molecular formula is C18H29N. The molecule has 0 spiro atoms. The van der Waals surface area contributed by atoms with Gasteiger partial charge in [0.1, 0.15) is 0 Å². The summed E-state index contributed by atoms with van der Waals surface area (Å²) in [4.78, 5) is 4.11. The predicted molar refractivity (Wildman–Crippen MR) is 82.1 cm³/mol. The van der Waals surface area contributed by atoms with Crippen LogP contribution in [-0.2, 0) is 6.42 Å². The van der Waals surface area contributed by atoms with E-state index in [9.17, 15) is 0 Å². The Balaban J connectivity index is 1.87. The van der Waals surface area contributed by atoms with Gasteiger partial charge in [-0.1, -0.05) is 26.7 Å². The van der Waals surface area contributed by atoms with E-state index in [-0.39, 0.29) is 0 Å². The predicted octanol–water partition coefficient (Wildman–Crippen LogP) is 5.40. The van der Waals surface area contributed by atoms with Crippen LogP contribution in [0.4, 0.5) is 0 Å².